The molecule has 0 unspecified atom stereocenters. The maximum Gasteiger partial charge on any atom is 0.487 e. The molecule has 0 spiro atoms. The second-order valence-electron chi connectivity index (χ2n) is 6.67. The molecule has 0 aliphatic carbocycles. The summed E-state index contributed by atoms with van der Waals surface area (Å²) in [6.07, 6.45) is 0.955. The van der Waals surface area contributed by atoms with E-state index in [1.165, 1.54) is 5.57 Å². The predicted octanol–water partition coefficient (Wildman–Crippen LogP) is 2.74. The molecule has 2 heterocycles. The Balaban J connectivity index is 2.06. The molecule has 0 aromatic heterocycles. The third kappa shape index (κ3) is 2.59. The molecule has 0 radical (unpaired) electrons. The first-order valence-corrected chi connectivity index (χ1v) is 6.31. The van der Waals surface area contributed by atoms with Gasteiger partial charge in [-0.25, -0.2) is 0 Å². The van der Waals surface area contributed by atoms with Crippen LogP contribution in [0.3, 0.4) is 0 Å². The SMILES string of the molecule is CC1(C)C/C(=C/B2OC(C)(C)C(C)(C)O2)CO1. The second-order valence-corrected chi connectivity index (χ2v) is 6.67. The number of hydrogen-bond donors (Lipinski definition) is 0. The lowest BCUT2D eigenvalue weighted by Gasteiger charge is -2.32. The zero-order chi connectivity index (χ0) is 12.9. The maximum absolute atomic E-state index is 5.94. The van der Waals surface area contributed by atoms with Crippen molar-refractivity contribution in [3.63, 3.8) is 0 Å². The largest absolute Gasteiger partial charge is 0.487 e. The molecular weight excluding hydrogens is 215 g/mol. The predicted molar refractivity (Wildman–Crippen MR) is 68.8 cm³/mol. The Morgan fingerprint density at radius 1 is 1.00 bits per heavy atom. The summed E-state index contributed by atoms with van der Waals surface area (Å²) in [5, 5.41) is 0. The Hall–Kier alpha value is -0.315. The quantitative estimate of drug-likeness (QED) is 0.657. The van der Waals surface area contributed by atoms with Crippen LogP contribution in [0.25, 0.3) is 0 Å². The summed E-state index contributed by atoms with van der Waals surface area (Å²) in [6, 6.07) is 0. The lowest BCUT2D eigenvalue weighted by molar-refractivity contribution is 0.00578. The van der Waals surface area contributed by atoms with E-state index in [0.29, 0.717) is 6.61 Å². The van der Waals surface area contributed by atoms with Crippen LogP contribution in [0.15, 0.2) is 11.5 Å². The van der Waals surface area contributed by atoms with Crippen molar-refractivity contribution in [1.29, 1.82) is 0 Å². The highest BCUT2D eigenvalue weighted by molar-refractivity contribution is 6.51. The van der Waals surface area contributed by atoms with Crippen LogP contribution in [0.4, 0.5) is 0 Å². The van der Waals surface area contributed by atoms with E-state index in [-0.39, 0.29) is 23.9 Å². The molecular formula is C13H23BO3. The average molecular weight is 238 g/mol. The van der Waals surface area contributed by atoms with Gasteiger partial charge < -0.3 is 14.0 Å². The van der Waals surface area contributed by atoms with Crippen molar-refractivity contribution >= 4 is 7.12 Å². The van der Waals surface area contributed by atoms with Crippen LogP contribution >= 0.6 is 0 Å². The van der Waals surface area contributed by atoms with Gasteiger partial charge in [0.2, 0.25) is 0 Å². The third-order valence-corrected chi connectivity index (χ3v) is 3.94. The Kier molecular flexibility index (Phi) is 2.96. The molecule has 2 aliphatic rings. The number of hydrogen-bond acceptors (Lipinski definition) is 3. The van der Waals surface area contributed by atoms with Crippen molar-refractivity contribution in [2.75, 3.05) is 6.61 Å². The van der Waals surface area contributed by atoms with Gasteiger partial charge in [-0.1, -0.05) is 5.98 Å². The first kappa shape index (κ1) is 13.1. The van der Waals surface area contributed by atoms with Crippen LogP contribution in [0, 0.1) is 0 Å². The van der Waals surface area contributed by atoms with Gasteiger partial charge in [0.1, 0.15) is 0 Å². The Labute approximate surface area is 105 Å². The number of rotatable bonds is 1. The van der Waals surface area contributed by atoms with Crippen LogP contribution < -0.4 is 0 Å². The molecule has 4 heteroatoms. The molecule has 0 atom stereocenters. The van der Waals surface area contributed by atoms with Crippen molar-refractivity contribution in [3.8, 4) is 0 Å². The van der Waals surface area contributed by atoms with Gasteiger partial charge in [-0.3, -0.25) is 0 Å². The van der Waals surface area contributed by atoms with Crippen LogP contribution in [-0.2, 0) is 14.0 Å². The van der Waals surface area contributed by atoms with Crippen molar-refractivity contribution < 1.29 is 14.0 Å². The zero-order valence-electron chi connectivity index (χ0n) is 11.8. The van der Waals surface area contributed by atoms with Gasteiger partial charge in [-0.05, 0) is 53.5 Å². The Morgan fingerprint density at radius 2 is 1.53 bits per heavy atom. The molecule has 96 valence electrons. The third-order valence-electron chi connectivity index (χ3n) is 3.94. The summed E-state index contributed by atoms with van der Waals surface area (Å²) in [7, 11) is -0.243. The first-order valence-electron chi connectivity index (χ1n) is 6.31. The molecule has 0 bridgehead atoms. The minimum atomic E-state index is -0.260. The topological polar surface area (TPSA) is 27.7 Å². The molecule has 2 fully saturated rings. The van der Waals surface area contributed by atoms with E-state index >= 15 is 0 Å². The average Bonchev–Trinajstić information content (AvgIpc) is 2.51. The zero-order valence-corrected chi connectivity index (χ0v) is 11.8. The maximum atomic E-state index is 5.94. The van der Waals surface area contributed by atoms with Crippen molar-refractivity contribution in [3.05, 3.63) is 11.5 Å². The van der Waals surface area contributed by atoms with Crippen LogP contribution in [0.1, 0.15) is 48.0 Å². The molecule has 0 N–H and O–H groups in total. The number of ether oxygens (including phenoxy) is 1. The molecule has 0 saturated carbocycles. The normalized spacial score (nSPS) is 32.4. The van der Waals surface area contributed by atoms with E-state index in [4.69, 9.17) is 14.0 Å². The molecule has 0 aromatic carbocycles. The van der Waals surface area contributed by atoms with Gasteiger partial charge in [0, 0.05) is 0 Å². The van der Waals surface area contributed by atoms with Gasteiger partial charge in [0.25, 0.3) is 0 Å². The van der Waals surface area contributed by atoms with E-state index in [1.807, 2.05) is 0 Å². The molecule has 17 heavy (non-hydrogen) atoms. The van der Waals surface area contributed by atoms with Crippen molar-refractivity contribution in [2.45, 2.75) is 64.8 Å². The van der Waals surface area contributed by atoms with Gasteiger partial charge >= 0.3 is 7.12 Å². The van der Waals surface area contributed by atoms with Gasteiger partial charge in [-0.2, -0.15) is 0 Å². The fourth-order valence-electron chi connectivity index (χ4n) is 2.19. The standard InChI is InChI=1S/C13H23BO3/c1-11(2)7-10(9-15-11)8-14-16-12(3,4)13(5,6)17-14/h8H,7,9H2,1-6H3/b10-8-. The van der Waals surface area contributed by atoms with Crippen molar-refractivity contribution in [2.24, 2.45) is 0 Å². The highest BCUT2D eigenvalue weighted by atomic mass is 16.7. The molecule has 0 aromatic rings. The first-order chi connectivity index (χ1) is 7.61. The summed E-state index contributed by atoms with van der Waals surface area (Å²) >= 11 is 0. The monoisotopic (exact) mass is 238 g/mol. The van der Waals surface area contributed by atoms with E-state index in [9.17, 15) is 0 Å². The van der Waals surface area contributed by atoms with E-state index in [0.717, 1.165) is 6.42 Å². The summed E-state index contributed by atoms with van der Waals surface area (Å²) in [5.74, 6) is 2.07. The molecule has 0 amide bonds. The van der Waals surface area contributed by atoms with E-state index in [2.05, 4.69) is 47.5 Å². The van der Waals surface area contributed by atoms with Gasteiger partial charge in [-0.15, -0.1) is 0 Å². The molecule has 2 aliphatic heterocycles. The van der Waals surface area contributed by atoms with Crippen LogP contribution in [0.2, 0.25) is 0 Å². The van der Waals surface area contributed by atoms with Gasteiger partial charge in [0.05, 0.1) is 23.4 Å². The van der Waals surface area contributed by atoms with E-state index < -0.39 is 0 Å². The van der Waals surface area contributed by atoms with Gasteiger partial charge in [0.15, 0.2) is 0 Å². The Morgan fingerprint density at radius 3 is 1.94 bits per heavy atom. The summed E-state index contributed by atoms with van der Waals surface area (Å²) in [6.45, 7) is 13.2. The summed E-state index contributed by atoms with van der Waals surface area (Å²) in [5.41, 5.74) is 0.705. The second kappa shape index (κ2) is 3.84. The highest BCUT2D eigenvalue weighted by Gasteiger charge is 2.50. The Bertz CT molecular complexity index is 329. The highest BCUT2D eigenvalue weighted by Crippen LogP contribution is 2.38. The molecule has 3 nitrogen and oxygen atoms in total. The smallest absolute Gasteiger partial charge is 0.400 e. The fourth-order valence-corrected chi connectivity index (χ4v) is 2.19. The fraction of sp³-hybridized carbons (Fsp3) is 0.846. The van der Waals surface area contributed by atoms with Crippen LogP contribution in [0.5, 0.6) is 0 Å². The van der Waals surface area contributed by atoms with E-state index in [1.54, 1.807) is 0 Å². The van der Waals surface area contributed by atoms with Crippen molar-refractivity contribution in [1.82, 2.24) is 0 Å². The molecule has 2 rings (SSSR count). The van der Waals surface area contributed by atoms with Crippen LogP contribution in [-0.4, -0.2) is 30.5 Å². The minimum absolute atomic E-state index is 0.0462. The minimum Gasteiger partial charge on any atom is -0.400 e. The summed E-state index contributed by atoms with van der Waals surface area (Å²) in [4.78, 5) is 0. The lowest BCUT2D eigenvalue weighted by Crippen LogP contribution is -2.41. The summed E-state index contributed by atoms with van der Waals surface area (Å²) < 4.78 is 17.6. The lowest BCUT2D eigenvalue weighted by atomic mass is 9.85. The molecule has 2 saturated heterocycles.